The second-order valence-corrected chi connectivity index (χ2v) is 6.23. The Bertz CT molecular complexity index is 1100. The zero-order chi connectivity index (χ0) is 18.8. The first-order chi connectivity index (χ1) is 13.1. The SMILES string of the molecule is Cc1cc(NC(=O)c2cnn3ccc(NCc4ccccc4)nc23)n(C)n1. The minimum Gasteiger partial charge on any atom is -0.366 e. The first-order valence-corrected chi connectivity index (χ1v) is 8.54. The van der Waals surface area contributed by atoms with Crippen molar-refractivity contribution in [3.8, 4) is 0 Å². The van der Waals surface area contributed by atoms with Crippen molar-refractivity contribution in [3.05, 3.63) is 71.7 Å². The highest BCUT2D eigenvalue weighted by atomic mass is 16.1. The maximum absolute atomic E-state index is 12.7. The minimum atomic E-state index is -0.277. The predicted molar refractivity (Wildman–Crippen MR) is 103 cm³/mol. The topological polar surface area (TPSA) is 89.1 Å². The molecule has 0 spiro atoms. The molecule has 0 radical (unpaired) electrons. The lowest BCUT2D eigenvalue weighted by Crippen LogP contribution is -2.15. The standard InChI is InChI=1S/C19H19N7O/c1-13-10-17(25(2)24-13)23-19(27)15-12-21-26-9-8-16(22-18(15)26)20-11-14-6-4-3-5-7-14/h3-10,12H,11H2,1-2H3,(H,20,22)(H,23,27). The van der Waals surface area contributed by atoms with Crippen molar-refractivity contribution < 1.29 is 4.79 Å². The number of carbonyl (C=O) groups is 1. The van der Waals surface area contributed by atoms with Gasteiger partial charge in [0.1, 0.15) is 17.2 Å². The molecule has 0 aliphatic rings. The predicted octanol–water partition coefficient (Wildman–Crippen LogP) is 2.64. The normalized spacial score (nSPS) is 10.9. The van der Waals surface area contributed by atoms with Gasteiger partial charge in [-0.1, -0.05) is 30.3 Å². The van der Waals surface area contributed by atoms with Crippen LogP contribution in [0.2, 0.25) is 0 Å². The summed E-state index contributed by atoms with van der Waals surface area (Å²) in [4.78, 5) is 17.2. The van der Waals surface area contributed by atoms with Gasteiger partial charge in [0.25, 0.3) is 5.91 Å². The van der Waals surface area contributed by atoms with Gasteiger partial charge in [-0.05, 0) is 18.6 Å². The average Bonchev–Trinajstić information content (AvgIpc) is 3.23. The number of aryl methyl sites for hydroxylation is 2. The summed E-state index contributed by atoms with van der Waals surface area (Å²) in [6.45, 7) is 2.52. The molecule has 4 rings (SSSR count). The van der Waals surface area contributed by atoms with Crippen molar-refractivity contribution in [3.63, 3.8) is 0 Å². The molecule has 1 aromatic carbocycles. The van der Waals surface area contributed by atoms with Crippen LogP contribution in [0.15, 0.2) is 54.9 Å². The number of nitrogens with one attached hydrogen (secondary N) is 2. The van der Waals surface area contributed by atoms with E-state index in [1.807, 2.05) is 49.4 Å². The minimum absolute atomic E-state index is 0.277. The Hall–Kier alpha value is -3.68. The van der Waals surface area contributed by atoms with Crippen LogP contribution in [-0.2, 0) is 13.6 Å². The molecule has 0 saturated carbocycles. The number of fused-ring (bicyclic) bond motifs is 1. The van der Waals surface area contributed by atoms with Crippen LogP contribution >= 0.6 is 0 Å². The van der Waals surface area contributed by atoms with E-state index in [0.717, 1.165) is 11.3 Å². The van der Waals surface area contributed by atoms with E-state index in [-0.39, 0.29) is 5.91 Å². The Balaban J connectivity index is 1.56. The van der Waals surface area contributed by atoms with E-state index >= 15 is 0 Å². The van der Waals surface area contributed by atoms with Crippen molar-refractivity contribution in [2.24, 2.45) is 7.05 Å². The molecule has 3 heterocycles. The maximum atomic E-state index is 12.7. The van der Waals surface area contributed by atoms with Crippen molar-refractivity contribution in [1.29, 1.82) is 0 Å². The number of amides is 1. The summed E-state index contributed by atoms with van der Waals surface area (Å²) in [5.41, 5.74) is 2.87. The summed E-state index contributed by atoms with van der Waals surface area (Å²) in [5, 5.41) is 14.6. The number of rotatable bonds is 5. The van der Waals surface area contributed by atoms with Crippen LogP contribution in [0.5, 0.6) is 0 Å². The Morgan fingerprint density at radius 3 is 2.74 bits per heavy atom. The molecule has 3 aromatic heterocycles. The quantitative estimate of drug-likeness (QED) is 0.570. The summed E-state index contributed by atoms with van der Waals surface area (Å²) >= 11 is 0. The van der Waals surface area contributed by atoms with Crippen molar-refractivity contribution in [1.82, 2.24) is 24.4 Å². The lowest BCUT2D eigenvalue weighted by Gasteiger charge is -2.07. The van der Waals surface area contributed by atoms with Gasteiger partial charge in [0.2, 0.25) is 0 Å². The van der Waals surface area contributed by atoms with Gasteiger partial charge in [-0.2, -0.15) is 10.2 Å². The highest BCUT2D eigenvalue weighted by Gasteiger charge is 2.16. The highest BCUT2D eigenvalue weighted by Crippen LogP contribution is 2.15. The molecule has 136 valence electrons. The first-order valence-electron chi connectivity index (χ1n) is 8.54. The monoisotopic (exact) mass is 361 g/mol. The third-order valence-corrected chi connectivity index (χ3v) is 4.17. The molecule has 8 nitrogen and oxygen atoms in total. The van der Waals surface area contributed by atoms with Gasteiger partial charge in [0.05, 0.1) is 11.9 Å². The molecule has 0 unspecified atom stereocenters. The smallest absolute Gasteiger partial charge is 0.262 e. The maximum Gasteiger partial charge on any atom is 0.262 e. The summed E-state index contributed by atoms with van der Waals surface area (Å²) in [7, 11) is 1.78. The lowest BCUT2D eigenvalue weighted by atomic mass is 10.2. The van der Waals surface area contributed by atoms with E-state index < -0.39 is 0 Å². The third kappa shape index (κ3) is 3.50. The Morgan fingerprint density at radius 2 is 2.00 bits per heavy atom. The van der Waals surface area contributed by atoms with Crippen LogP contribution in [0.4, 0.5) is 11.6 Å². The van der Waals surface area contributed by atoms with Crippen LogP contribution < -0.4 is 10.6 Å². The Kier molecular flexibility index (Phi) is 4.29. The van der Waals surface area contributed by atoms with Crippen molar-refractivity contribution in [2.45, 2.75) is 13.5 Å². The molecular formula is C19H19N7O. The molecule has 0 atom stereocenters. The fourth-order valence-electron chi connectivity index (χ4n) is 2.83. The fourth-order valence-corrected chi connectivity index (χ4v) is 2.83. The summed E-state index contributed by atoms with van der Waals surface area (Å²) < 4.78 is 3.20. The van der Waals surface area contributed by atoms with E-state index in [2.05, 4.69) is 25.8 Å². The van der Waals surface area contributed by atoms with Crippen molar-refractivity contribution >= 4 is 23.2 Å². The largest absolute Gasteiger partial charge is 0.366 e. The number of hydrogen-bond acceptors (Lipinski definition) is 5. The molecule has 8 heteroatoms. The van der Waals surface area contributed by atoms with Gasteiger partial charge < -0.3 is 10.6 Å². The molecular weight excluding hydrogens is 342 g/mol. The molecule has 0 bridgehead atoms. The third-order valence-electron chi connectivity index (χ3n) is 4.17. The summed E-state index contributed by atoms with van der Waals surface area (Å²) in [6, 6.07) is 13.7. The van der Waals surface area contributed by atoms with Crippen LogP contribution in [0, 0.1) is 6.92 Å². The number of hydrogen-bond donors (Lipinski definition) is 2. The number of aromatic nitrogens is 5. The Morgan fingerprint density at radius 1 is 1.19 bits per heavy atom. The second kappa shape index (κ2) is 6.91. The van der Waals surface area contributed by atoms with Crippen LogP contribution in [0.1, 0.15) is 21.6 Å². The fraction of sp³-hybridized carbons (Fsp3) is 0.158. The van der Waals surface area contributed by atoms with E-state index in [1.165, 1.54) is 6.20 Å². The zero-order valence-corrected chi connectivity index (χ0v) is 15.0. The first kappa shape index (κ1) is 16.8. The molecule has 0 aliphatic heterocycles. The molecule has 0 aliphatic carbocycles. The number of carbonyl (C=O) groups excluding carboxylic acids is 1. The molecule has 27 heavy (non-hydrogen) atoms. The van der Waals surface area contributed by atoms with Gasteiger partial charge >= 0.3 is 0 Å². The highest BCUT2D eigenvalue weighted by molar-refractivity contribution is 6.07. The number of anilines is 2. The van der Waals surface area contributed by atoms with Crippen LogP contribution in [0.3, 0.4) is 0 Å². The summed E-state index contributed by atoms with van der Waals surface area (Å²) in [6.07, 6.45) is 3.29. The average molecular weight is 361 g/mol. The molecule has 4 aromatic rings. The second-order valence-electron chi connectivity index (χ2n) is 6.23. The molecule has 0 fully saturated rings. The van der Waals surface area contributed by atoms with Crippen LogP contribution in [0.25, 0.3) is 5.65 Å². The molecule has 1 amide bonds. The number of benzene rings is 1. The van der Waals surface area contributed by atoms with Crippen LogP contribution in [-0.4, -0.2) is 30.3 Å². The van der Waals surface area contributed by atoms with Gasteiger partial charge in [-0.25, -0.2) is 9.50 Å². The summed E-state index contributed by atoms with van der Waals surface area (Å²) in [5.74, 6) is 1.02. The lowest BCUT2D eigenvalue weighted by molar-refractivity contribution is 0.102. The van der Waals surface area contributed by atoms with Gasteiger partial charge in [-0.15, -0.1) is 0 Å². The van der Waals surface area contributed by atoms with E-state index in [1.54, 1.807) is 22.4 Å². The zero-order valence-electron chi connectivity index (χ0n) is 15.0. The molecule has 2 N–H and O–H groups in total. The van der Waals surface area contributed by atoms with Gasteiger partial charge in [0.15, 0.2) is 5.65 Å². The molecule has 0 saturated heterocycles. The van der Waals surface area contributed by atoms with Gasteiger partial charge in [0, 0.05) is 25.9 Å². The number of nitrogens with zero attached hydrogens (tertiary/aromatic N) is 5. The van der Waals surface area contributed by atoms with E-state index in [4.69, 9.17) is 0 Å². The van der Waals surface area contributed by atoms with Gasteiger partial charge in [-0.3, -0.25) is 9.48 Å². The van der Waals surface area contributed by atoms with Crippen molar-refractivity contribution in [2.75, 3.05) is 10.6 Å². The van der Waals surface area contributed by atoms with E-state index in [0.29, 0.717) is 29.4 Å². The Labute approximate surface area is 155 Å². The van der Waals surface area contributed by atoms with E-state index in [9.17, 15) is 4.79 Å².